The monoisotopic (exact) mass is 268 g/mol. The van der Waals surface area contributed by atoms with Crippen LogP contribution in [0.4, 0.5) is 0 Å². The molecule has 1 atom stereocenters. The fourth-order valence-electron chi connectivity index (χ4n) is 3.51. The van der Waals surface area contributed by atoms with Crippen LogP contribution >= 0.6 is 8.07 Å². The lowest BCUT2D eigenvalue weighted by atomic mass is 9.95. The van der Waals surface area contributed by atoms with Gasteiger partial charge in [0.15, 0.2) is 0 Å². The van der Waals surface area contributed by atoms with E-state index in [1.807, 2.05) is 0 Å². The third-order valence-corrected chi connectivity index (χ3v) is 7.20. The van der Waals surface area contributed by atoms with E-state index in [-0.39, 0.29) is 8.07 Å². The Kier molecular flexibility index (Phi) is 5.06. The van der Waals surface area contributed by atoms with Crippen LogP contribution in [0.5, 0.6) is 0 Å². The fourth-order valence-corrected chi connectivity index (χ4v) is 6.65. The zero-order valence-electron chi connectivity index (χ0n) is 12.5. The zero-order valence-corrected chi connectivity index (χ0v) is 13.4. The van der Waals surface area contributed by atoms with Crippen molar-refractivity contribution in [2.45, 2.75) is 71.1 Å². The second kappa shape index (κ2) is 6.37. The van der Waals surface area contributed by atoms with Crippen LogP contribution < -0.4 is 0 Å². The number of rotatable bonds is 3. The number of amidine groups is 1. The summed E-state index contributed by atoms with van der Waals surface area (Å²) in [6.07, 6.45) is 6.85. The highest BCUT2D eigenvalue weighted by molar-refractivity contribution is 7.57. The first-order valence-corrected chi connectivity index (χ1v) is 9.14. The molecule has 0 aliphatic carbocycles. The highest BCUT2D eigenvalue weighted by atomic mass is 31.1. The first-order valence-electron chi connectivity index (χ1n) is 7.71. The molecular weight excluding hydrogens is 239 g/mol. The lowest BCUT2D eigenvalue weighted by Crippen LogP contribution is -2.37. The highest BCUT2D eigenvalue weighted by Gasteiger charge is 2.33. The molecule has 1 saturated heterocycles. The summed E-state index contributed by atoms with van der Waals surface area (Å²) < 4.78 is 2.75. The highest BCUT2D eigenvalue weighted by Crippen LogP contribution is 2.52. The fraction of sp³-hybridized carbons (Fsp3) is 0.933. The van der Waals surface area contributed by atoms with Gasteiger partial charge >= 0.3 is 0 Å². The maximum absolute atomic E-state index is 4.94. The molecule has 1 unspecified atom stereocenters. The van der Waals surface area contributed by atoms with Gasteiger partial charge < -0.3 is 4.67 Å². The Morgan fingerprint density at radius 1 is 1.06 bits per heavy atom. The Balaban J connectivity index is 2.24. The maximum Gasteiger partial charge on any atom is 0.105 e. The first kappa shape index (κ1) is 14.3. The zero-order chi connectivity index (χ0) is 13.1. The average Bonchev–Trinajstić information content (AvgIpc) is 2.52. The standard InChI is InChI=1S/C15H29N2P/c1-12(2)18(13(3)4)17-11-6-5-8-14-9-7-10-16-15(14)17/h12-14H,5-11H2,1-4H3. The van der Waals surface area contributed by atoms with Crippen molar-refractivity contribution in [1.82, 2.24) is 4.67 Å². The largest absolute Gasteiger partial charge is 0.339 e. The van der Waals surface area contributed by atoms with Crippen molar-refractivity contribution in [3.8, 4) is 0 Å². The van der Waals surface area contributed by atoms with Gasteiger partial charge in [0.25, 0.3) is 0 Å². The molecule has 0 aromatic carbocycles. The van der Waals surface area contributed by atoms with E-state index in [4.69, 9.17) is 4.99 Å². The molecule has 0 saturated carbocycles. The minimum Gasteiger partial charge on any atom is -0.339 e. The van der Waals surface area contributed by atoms with Crippen molar-refractivity contribution < 1.29 is 0 Å². The van der Waals surface area contributed by atoms with Crippen molar-refractivity contribution in [1.29, 1.82) is 0 Å². The molecule has 0 amide bonds. The van der Waals surface area contributed by atoms with Gasteiger partial charge in [-0.15, -0.1) is 0 Å². The Bertz CT molecular complexity index is 291. The van der Waals surface area contributed by atoms with E-state index in [0.717, 1.165) is 23.8 Å². The average molecular weight is 268 g/mol. The summed E-state index contributed by atoms with van der Waals surface area (Å²) in [5.41, 5.74) is 1.56. The molecule has 18 heavy (non-hydrogen) atoms. The van der Waals surface area contributed by atoms with Crippen LogP contribution in [-0.2, 0) is 0 Å². The van der Waals surface area contributed by atoms with Gasteiger partial charge in [0.05, 0.1) is 0 Å². The topological polar surface area (TPSA) is 15.6 Å². The SMILES string of the molecule is CC(C)P(C(C)C)N1CCCCC2CCCN=C21. The van der Waals surface area contributed by atoms with Crippen LogP contribution in [-0.4, -0.2) is 34.9 Å². The molecule has 0 aromatic rings. The third kappa shape index (κ3) is 3.07. The predicted octanol–water partition coefficient (Wildman–Crippen LogP) is 4.49. The summed E-state index contributed by atoms with van der Waals surface area (Å²) in [6, 6.07) is 0. The maximum atomic E-state index is 4.94. The minimum absolute atomic E-state index is 0.0549. The van der Waals surface area contributed by atoms with Gasteiger partial charge in [-0.05, 0) is 45.1 Å². The molecule has 2 heterocycles. The van der Waals surface area contributed by atoms with Crippen LogP contribution in [0.1, 0.15) is 59.8 Å². The summed E-state index contributed by atoms with van der Waals surface area (Å²) in [4.78, 5) is 4.94. The quantitative estimate of drug-likeness (QED) is 0.688. The molecule has 2 aliphatic heterocycles. The molecule has 0 radical (unpaired) electrons. The van der Waals surface area contributed by atoms with Gasteiger partial charge in [-0.1, -0.05) is 34.1 Å². The lowest BCUT2D eigenvalue weighted by Gasteiger charge is -2.41. The van der Waals surface area contributed by atoms with Crippen LogP contribution in [0.2, 0.25) is 0 Å². The van der Waals surface area contributed by atoms with Crippen molar-refractivity contribution >= 4 is 13.9 Å². The van der Waals surface area contributed by atoms with E-state index in [0.29, 0.717) is 0 Å². The second-order valence-corrected chi connectivity index (χ2v) is 9.57. The van der Waals surface area contributed by atoms with Gasteiger partial charge in [0.2, 0.25) is 0 Å². The van der Waals surface area contributed by atoms with Gasteiger partial charge in [-0.25, -0.2) is 0 Å². The number of hydrogen-bond donors (Lipinski definition) is 0. The van der Waals surface area contributed by atoms with E-state index >= 15 is 0 Å². The lowest BCUT2D eigenvalue weighted by molar-refractivity contribution is 0.508. The van der Waals surface area contributed by atoms with Gasteiger partial charge in [-0.3, -0.25) is 4.99 Å². The first-order chi connectivity index (χ1) is 8.61. The summed E-state index contributed by atoms with van der Waals surface area (Å²) in [6.45, 7) is 11.9. The normalized spacial score (nSPS) is 25.4. The Hall–Kier alpha value is -0.100. The molecule has 2 rings (SSSR count). The van der Waals surface area contributed by atoms with E-state index in [2.05, 4.69) is 32.4 Å². The van der Waals surface area contributed by atoms with Crippen LogP contribution in [0.15, 0.2) is 4.99 Å². The summed E-state index contributed by atoms with van der Waals surface area (Å²) >= 11 is 0. The summed E-state index contributed by atoms with van der Waals surface area (Å²) in [5.74, 6) is 2.27. The summed E-state index contributed by atoms with van der Waals surface area (Å²) in [7, 11) is -0.0549. The molecule has 2 nitrogen and oxygen atoms in total. The van der Waals surface area contributed by atoms with Crippen molar-refractivity contribution in [2.24, 2.45) is 10.9 Å². The van der Waals surface area contributed by atoms with Crippen molar-refractivity contribution in [3.05, 3.63) is 0 Å². The van der Waals surface area contributed by atoms with E-state index < -0.39 is 0 Å². The smallest absolute Gasteiger partial charge is 0.105 e. The van der Waals surface area contributed by atoms with Crippen molar-refractivity contribution in [2.75, 3.05) is 13.1 Å². The Morgan fingerprint density at radius 2 is 1.72 bits per heavy atom. The van der Waals surface area contributed by atoms with Crippen LogP contribution in [0.3, 0.4) is 0 Å². The number of nitrogens with zero attached hydrogens (tertiary/aromatic N) is 2. The van der Waals surface area contributed by atoms with E-state index in [9.17, 15) is 0 Å². The molecule has 0 N–H and O–H groups in total. The number of hydrogen-bond acceptors (Lipinski definition) is 2. The van der Waals surface area contributed by atoms with Gasteiger partial charge in [0.1, 0.15) is 5.84 Å². The molecule has 3 heteroatoms. The molecule has 0 spiro atoms. The Morgan fingerprint density at radius 3 is 2.39 bits per heavy atom. The number of fused-ring (bicyclic) bond motifs is 1. The minimum atomic E-state index is -0.0549. The molecule has 0 aromatic heterocycles. The number of aliphatic imine (C=N–C) groups is 1. The Labute approximate surface area is 114 Å². The van der Waals surface area contributed by atoms with E-state index in [1.54, 1.807) is 0 Å². The molecule has 2 aliphatic rings. The van der Waals surface area contributed by atoms with Crippen LogP contribution in [0, 0.1) is 5.92 Å². The van der Waals surface area contributed by atoms with Gasteiger partial charge in [0, 0.05) is 19.0 Å². The molecule has 104 valence electrons. The predicted molar refractivity (Wildman–Crippen MR) is 82.8 cm³/mol. The molecule has 0 bridgehead atoms. The van der Waals surface area contributed by atoms with Crippen LogP contribution in [0.25, 0.3) is 0 Å². The third-order valence-electron chi connectivity index (χ3n) is 4.12. The molecule has 1 fully saturated rings. The second-order valence-electron chi connectivity index (χ2n) is 6.27. The van der Waals surface area contributed by atoms with E-state index in [1.165, 1.54) is 44.5 Å². The van der Waals surface area contributed by atoms with Gasteiger partial charge in [-0.2, -0.15) is 0 Å². The molecular formula is C15H29N2P. The van der Waals surface area contributed by atoms with Crippen molar-refractivity contribution in [3.63, 3.8) is 0 Å². The summed E-state index contributed by atoms with van der Waals surface area (Å²) in [5, 5.41) is 0.